The summed E-state index contributed by atoms with van der Waals surface area (Å²) in [6.07, 6.45) is 1.99. The maximum atomic E-state index is 12.3. The van der Waals surface area contributed by atoms with E-state index in [1.807, 2.05) is 17.7 Å². The molecule has 0 saturated heterocycles. The standard InChI is InChI=1S/C19H24N4O4/c1-4-22-7-8-23-12-14(21-18(23)19(22)25)11-20-17(24)10-13-9-15(26-2)5-6-16(13)27-3/h5-6,9,12H,4,7-8,10-11H2,1-3H3,(H,20,24). The molecule has 0 aliphatic carbocycles. The number of aromatic nitrogens is 2. The Labute approximate surface area is 158 Å². The van der Waals surface area contributed by atoms with Crippen molar-refractivity contribution < 1.29 is 19.1 Å². The van der Waals surface area contributed by atoms with Crippen LogP contribution in [0.15, 0.2) is 24.4 Å². The van der Waals surface area contributed by atoms with Gasteiger partial charge in [0.1, 0.15) is 11.5 Å². The molecule has 2 aromatic rings. The van der Waals surface area contributed by atoms with Crippen LogP contribution in [0.5, 0.6) is 11.5 Å². The van der Waals surface area contributed by atoms with E-state index in [1.54, 1.807) is 37.3 Å². The van der Waals surface area contributed by atoms with Crippen molar-refractivity contribution >= 4 is 11.8 Å². The van der Waals surface area contributed by atoms with Crippen LogP contribution in [0.4, 0.5) is 0 Å². The summed E-state index contributed by atoms with van der Waals surface area (Å²) in [6, 6.07) is 5.34. The van der Waals surface area contributed by atoms with Gasteiger partial charge in [-0.1, -0.05) is 0 Å². The summed E-state index contributed by atoms with van der Waals surface area (Å²) < 4.78 is 12.4. The first-order chi connectivity index (χ1) is 13.0. The average Bonchev–Trinajstić information content (AvgIpc) is 3.11. The quantitative estimate of drug-likeness (QED) is 0.790. The number of amides is 2. The normalized spacial score (nSPS) is 13.3. The number of fused-ring (bicyclic) bond motifs is 1. The molecule has 8 nitrogen and oxygen atoms in total. The van der Waals surface area contributed by atoms with Gasteiger partial charge in [-0.25, -0.2) is 4.98 Å². The van der Waals surface area contributed by atoms with Gasteiger partial charge in [-0.3, -0.25) is 9.59 Å². The van der Waals surface area contributed by atoms with Crippen molar-refractivity contribution in [1.82, 2.24) is 19.8 Å². The fraction of sp³-hybridized carbons (Fsp3) is 0.421. The van der Waals surface area contributed by atoms with E-state index in [0.29, 0.717) is 36.1 Å². The van der Waals surface area contributed by atoms with Crippen LogP contribution in [0.1, 0.15) is 28.8 Å². The molecule has 1 aromatic carbocycles. The summed E-state index contributed by atoms with van der Waals surface area (Å²) in [5, 5.41) is 2.85. The van der Waals surface area contributed by atoms with E-state index < -0.39 is 0 Å². The van der Waals surface area contributed by atoms with Crippen LogP contribution in [0.25, 0.3) is 0 Å². The Morgan fingerprint density at radius 2 is 2.07 bits per heavy atom. The zero-order valence-electron chi connectivity index (χ0n) is 15.8. The summed E-state index contributed by atoms with van der Waals surface area (Å²) in [4.78, 5) is 30.8. The molecule has 3 rings (SSSR count). The Hall–Kier alpha value is -3.03. The number of benzene rings is 1. The molecule has 0 saturated carbocycles. The molecule has 1 aliphatic heterocycles. The van der Waals surface area contributed by atoms with E-state index in [4.69, 9.17) is 9.47 Å². The minimum Gasteiger partial charge on any atom is -0.497 e. The van der Waals surface area contributed by atoms with Crippen molar-refractivity contribution in [1.29, 1.82) is 0 Å². The number of nitrogens with zero attached hydrogens (tertiary/aromatic N) is 3. The number of carbonyl (C=O) groups excluding carboxylic acids is 2. The van der Waals surface area contributed by atoms with Crippen LogP contribution in [-0.4, -0.2) is 53.6 Å². The molecule has 2 amide bonds. The van der Waals surface area contributed by atoms with E-state index in [9.17, 15) is 9.59 Å². The number of hydrogen-bond donors (Lipinski definition) is 1. The van der Waals surface area contributed by atoms with Crippen LogP contribution < -0.4 is 14.8 Å². The van der Waals surface area contributed by atoms with Gasteiger partial charge in [0.2, 0.25) is 5.91 Å². The zero-order valence-corrected chi connectivity index (χ0v) is 15.8. The van der Waals surface area contributed by atoms with Gasteiger partial charge in [0.25, 0.3) is 5.91 Å². The molecule has 0 atom stereocenters. The molecule has 0 unspecified atom stereocenters. The largest absolute Gasteiger partial charge is 0.497 e. The lowest BCUT2D eigenvalue weighted by Crippen LogP contribution is -2.40. The first kappa shape index (κ1) is 18.8. The summed E-state index contributed by atoms with van der Waals surface area (Å²) >= 11 is 0. The number of hydrogen-bond acceptors (Lipinski definition) is 5. The van der Waals surface area contributed by atoms with Crippen LogP contribution >= 0.6 is 0 Å². The summed E-state index contributed by atoms with van der Waals surface area (Å²) in [5.41, 5.74) is 1.41. The fourth-order valence-electron chi connectivity index (χ4n) is 3.11. The smallest absolute Gasteiger partial charge is 0.289 e. The maximum Gasteiger partial charge on any atom is 0.289 e. The van der Waals surface area contributed by atoms with Crippen LogP contribution in [0, 0.1) is 0 Å². The second-order valence-corrected chi connectivity index (χ2v) is 6.27. The highest BCUT2D eigenvalue weighted by Crippen LogP contribution is 2.24. The molecular weight excluding hydrogens is 348 g/mol. The lowest BCUT2D eigenvalue weighted by Gasteiger charge is -2.25. The number of ether oxygens (including phenoxy) is 2. The first-order valence-electron chi connectivity index (χ1n) is 8.88. The number of methoxy groups -OCH3 is 2. The monoisotopic (exact) mass is 372 g/mol. The highest BCUT2D eigenvalue weighted by atomic mass is 16.5. The van der Waals surface area contributed by atoms with Crippen LogP contribution in [0.2, 0.25) is 0 Å². The Bertz CT molecular complexity index is 846. The molecule has 0 fully saturated rings. The molecule has 144 valence electrons. The molecular formula is C19H24N4O4. The molecule has 0 bridgehead atoms. The van der Waals surface area contributed by atoms with Crippen molar-refractivity contribution in [3.63, 3.8) is 0 Å². The van der Waals surface area contributed by atoms with E-state index in [-0.39, 0.29) is 24.8 Å². The van der Waals surface area contributed by atoms with E-state index in [0.717, 1.165) is 12.1 Å². The Morgan fingerprint density at radius 1 is 1.26 bits per heavy atom. The number of likely N-dealkylation sites (N-methyl/N-ethyl adjacent to an activating group) is 1. The van der Waals surface area contributed by atoms with Crippen molar-refractivity contribution in [2.75, 3.05) is 27.3 Å². The number of nitrogens with one attached hydrogen (secondary N) is 1. The molecule has 2 heterocycles. The average molecular weight is 372 g/mol. The number of imidazole rings is 1. The predicted octanol–water partition coefficient (Wildman–Crippen LogP) is 1.23. The third-order valence-corrected chi connectivity index (χ3v) is 4.60. The van der Waals surface area contributed by atoms with Crippen LogP contribution in [0.3, 0.4) is 0 Å². The van der Waals surface area contributed by atoms with Gasteiger partial charge in [0, 0.05) is 31.4 Å². The molecule has 1 aliphatic rings. The number of rotatable bonds is 7. The van der Waals surface area contributed by atoms with Gasteiger partial charge in [-0.15, -0.1) is 0 Å². The third kappa shape index (κ3) is 4.05. The van der Waals surface area contributed by atoms with Gasteiger partial charge in [0.15, 0.2) is 5.82 Å². The van der Waals surface area contributed by atoms with E-state index in [2.05, 4.69) is 10.3 Å². The summed E-state index contributed by atoms with van der Waals surface area (Å²) in [6.45, 7) is 4.28. The van der Waals surface area contributed by atoms with Crippen molar-refractivity contribution in [3.05, 3.63) is 41.5 Å². The summed E-state index contributed by atoms with van der Waals surface area (Å²) in [5.74, 6) is 1.51. The Balaban J connectivity index is 1.63. The summed E-state index contributed by atoms with van der Waals surface area (Å²) in [7, 11) is 3.14. The predicted molar refractivity (Wildman–Crippen MR) is 98.9 cm³/mol. The molecule has 0 spiro atoms. The van der Waals surface area contributed by atoms with Crippen LogP contribution in [-0.2, 0) is 24.3 Å². The minimum absolute atomic E-state index is 0.0672. The highest BCUT2D eigenvalue weighted by Gasteiger charge is 2.25. The lowest BCUT2D eigenvalue weighted by atomic mass is 10.1. The van der Waals surface area contributed by atoms with Gasteiger partial charge in [0.05, 0.1) is 32.9 Å². The zero-order chi connectivity index (χ0) is 19.4. The molecule has 1 N–H and O–H groups in total. The molecule has 27 heavy (non-hydrogen) atoms. The van der Waals surface area contributed by atoms with Gasteiger partial charge in [-0.2, -0.15) is 0 Å². The minimum atomic E-state index is -0.158. The maximum absolute atomic E-state index is 12.3. The second kappa shape index (κ2) is 8.11. The molecule has 8 heteroatoms. The van der Waals surface area contributed by atoms with Crippen molar-refractivity contribution in [3.8, 4) is 11.5 Å². The molecule has 1 aromatic heterocycles. The SMILES string of the molecule is CCN1CCn2cc(CNC(=O)Cc3cc(OC)ccc3OC)nc2C1=O. The van der Waals surface area contributed by atoms with Crippen molar-refractivity contribution in [2.24, 2.45) is 0 Å². The highest BCUT2D eigenvalue weighted by molar-refractivity contribution is 5.91. The van der Waals surface area contributed by atoms with E-state index in [1.165, 1.54) is 0 Å². The second-order valence-electron chi connectivity index (χ2n) is 6.27. The van der Waals surface area contributed by atoms with Gasteiger partial charge >= 0.3 is 0 Å². The fourth-order valence-corrected chi connectivity index (χ4v) is 3.11. The first-order valence-corrected chi connectivity index (χ1v) is 8.88. The van der Waals surface area contributed by atoms with Crippen molar-refractivity contribution in [2.45, 2.75) is 26.4 Å². The topological polar surface area (TPSA) is 85.7 Å². The van der Waals surface area contributed by atoms with E-state index >= 15 is 0 Å². The Kier molecular flexibility index (Phi) is 5.63. The number of carbonyl (C=O) groups is 2. The lowest BCUT2D eigenvalue weighted by molar-refractivity contribution is -0.120. The van der Waals surface area contributed by atoms with Gasteiger partial charge in [-0.05, 0) is 25.1 Å². The molecule has 0 radical (unpaired) electrons. The van der Waals surface area contributed by atoms with Gasteiger partial charge < -0.3 is 24.3 Å². The third-order valence-electron chi connectivity index (χ3n) is 4.60. The Morgan fingerprint density at radius 3 is 2.78 bits per heavy atom.